The molecule has 25 heavy (non-hydrogen) atoms. The van der Waals surface area contributed by atoms with Crippen LogP contribution < -0.4 is 4.74 Å². The lowest BCUT2D eigenvalue weighted by atomic mass is 10.1. The van der Waals surface area contributed by atoms with Crippen molar-refractivity contribution in [3.05, 3.63) is 62.4 Å². The summed E-state index contributed by atoms with van der Waals surface area (Å²) in [4.78, 5) is 4.31. The van der Waals surface area contributed by atoms with Crippen LogP contribution in [-0.4, -0.2) is 20.3 Å². The molecule has 5 nitrogen and oxygen atoms in total. The molecular formula is C18H15Br2N3O2. The van der Waals surface area contributed by atoms with Crippen molar-refractivity contribution >= 4 is 31.9 Å². The maximum atomic E-state index is 9.78. The summed E-state index contributed by atoms with van der Waals surface area (Å²) in [7, 11) is 0. The molecule has 0 aliphatic rings. The van der Waals surface area contributed by atoms with Crippen LogP contribution >= 0.6 is 31.9 Å². The molecule has 1 aromatic heterocycles. The maximum Gasteiger partial charge on any atom is 0.188 e. The van der Waals surface area contributed by atoms with E-state index in [4.69, 9.17) is 4.74 Å². The van der Waals surface area contributed by atoms with E-state index in [0.29, 0.717) is 20.5 Å². The summed E-state index contributed by atoms with van der Waals surface area (Å²) in [6.07, 6.45) is 1.64. The van der Waals surface area contributed by atoms with E-state index in [1.807, 2.05) is 32.0 Å². The van der Waals surface area contributed by atoms with Crippen LogP contribution in [-0.2, 0) is 6.61 Å². The Kier molecular flexibility index (Phi) is 5.34. The van der Waals surface area contributed by atoms with Crippen molar-refractivity contribution < 1.29 is 9.84 Å². The van der Waals surface area contributed by atoms with Crippen molar-refractivity contribution in [3.63, 3.8) is 0 Å². The van der Waals surface area contributed by atoms with Crippen LogP contribution in [0.3, 0.4) is 0 Å². The number of halogens is 2. The first-order chi connectivity index (χ1) is 11.9. The van der Waals surface area contributed by atoms with Gasteiger partial charge in [-0.05, 0) is 75.0 Å². The summed E-state index contributed by atoms with van der Waals surface area (Å²) < 4.78 is 6.93. The average molecular weight is 465 g/mol. The number of benzene rings is 2. The van der Waals surface area contributed by atoms with Crippen LogP contribution in [0.15, 0.2) is 45.5 Å². The fraction of sp³-hybridized carbons (Fsp3) is 0.167. The van der Waals surface area contributed by atoms with Crippen molar-refractivity contribution in [1.82, 2.24) is 15.2 Å². The monoisotopic (exact) mass is 463 g/mol. The highest BCUT2D eigenvalue weighted by Crippen LogP contribution is 2.36. The largest absolute Gasteiger partial charge is 0.506 e. The standard InChI is InChI=1S/C18H15Br2N3O2/c1-10-3-4-11(2)16(5-10)25-9-17-21-8-15(22-23-17)12-6-13(19)18(24)14(20)7-12/h3-8,24H,9H2,1-2H3. The second kappa shape index (κ2) is 7.49. The molecule has 3 aromatic rings. The van der Waals surface area contributed by atoms with E-state index < -0.39 is 0 Å². The third-order valence-electron chi connectivity index (χ3n) is 3.62. The SMILES string of the molecule is Cc1ccc(C)c(OCc2ncc(-c3cc(Br)c(O)c(Br)c3)nn2)c1. The topological polar surface area (TPSA) is 68.1 Å². The van der Waals surface area contributed by atoms with E-state index in [0.717, 1.165) is 22.4 Å². The zero-order valence-corrected chi connectivity index (χ0v) is 16.8. The van der Waals surface area contributed by atoms with Crippen molar-refractivity contribution in [2.45, 2.75) is 20.5 Å². The molecule has 7 heteroatoms. The van der Waals surface area contributed by atoms with Crippen LogP contribution in [0, 0.1) is 13.8 Å². The molecule has 3 rings (SSSR count). The molecule has 0 saturated heterocycles. The second-order valence-electron chi connectivity index (χ2n) is 5.61. The van der Waals surface area contributed by atoms with Crippen LogP contribution in [0.25, 0.3) is 11.3 Å². The predicted octanol–water partition coefficient (Wildman–Crippen LogP) is 4.97. The van der Waals surface area contributed by atoms with Gasteiger partial charge >= 0.3 is 0 Å². The summed E-state index contributed by atoms with van der Waals surface area (Å²) in [6.45, 7) is 4.27. The van der Waals surface area contributed by atoms with Crippen LogP contribution in [0.2, 0.25) is 0 Å². The van der Waals surface area contributed by atoms with E-state index in [9.17, 15) is 5.11 Å². The number of nitrogens with zero attached hydrogens (tertiary/aromatic N) is 3. The Morgan fingerprint density at radius 2 is 1.76 bits per heavy atom. The first-order valence-electron chi connectivity index (χ1n) is 7.51. The lowest BCUT2D eigenvalue weighted by Crippen LogP contribution is -2.04. The minimum atomic E-state index is 0.142. The molecule has 0 fully saturated rings. The molecule has 0 amide bonds. The van der Waals surface area contributed by atoms with Gasteiger partial charge in [0.2, 0.25) is 0 Å². The molecule has 0 aliphatic heterocycles. The number of phenols is 1. The Labute approximate surface area is 162 Å². The first kappa shape index (κ1) is 17.8. The van der Waals surface area contributed by atoms with Gasteiger partial charge in [0.05, 0.1) is 15.1 Å². The third-order valence-corrected chi connectivity index (χ3v) is 4.83. The van der Waals surface area contributed by atoms with Gasteiger partial charge in [-0.25, -0.2) is 4.98 Å². The molecule has 128 valence electrons. The van der Waals surface area contributed by atoms with E-state index >= 15 is 0 Å². The van der Waals surface area contributed by atoms with Crippen molar-refractivity contribution in [3.8, 4) is 22.8 Å². The smallest absolute Gasteiger partial charge is 0.188 e. The molecule has 1 heterocycles. The van der Waals surface area contributed by atoms with Gasteiger partial charge in [0.1, 0.15) is 23.8 Å². The molecule has 0 spiro atoms. The summed E-state index contributed by atoms with van der Waals surface area (Å²) in [6, 6.07) is 9.58. The zero-order chi connectivity index (χ0) is 18.0. The second-order valence-corrected chi connectivity index (χ2v) is 7.31. The molecule has 0 unspecified atom stereocenters. The lowest BCUT2D eigenvalue weighted by molar-refractivity contribution is 0.292. The van der Waals surface area contributed by atoms with Crippen molar-refractivity contribution in [1.29, 1.82) is 0 Å². The Morgan fingerprint density at radius 3 is 2.40 bits per heavy atom. The highest BCUT2D eigenvalue weighted by molar-refractivity contribution is 9.11. The maximum absolute atomic E-state index is 9.78. The van der Waals surface area contributed by atoms with Crippen LogP contribution in [0.5, 0.6) is 11.5 Å². The zero-order valence-electron chi connectivity index (χ0n) is 13.6. The summed E-state index contributed by atoms with van der Waals surface area (Å²) in [5, 5.41) is 18.1. The molecule has 0 saturated carbocycles. The quantitative estimate of drug-likeness (QED) is 0.590. The fourth-order valence-corrected chi connectivity index (χ4v) is 3.40. The van der Waals surface area contributed by atoms with Gasteiger partial charge in [0.25, 0.3) is 0 Å². The van der Waals surface area contributed by atoms with Crippen molar-refractivity contribution in [2.24, 2.45) is 0 Å². The lowest BCUT2D eigenvalue weighted by Gasteiger charge is -2.09. The fourth-order valence-electron chi connectivity index (χ4n) is 2.22. The Hall–Kier alpha value is -1.99. The van der Waals surface area contributed by atoms with Gasteiger partial charge in [-0.15, -0.1) is 10.2 Å². The molecule has 0 radical (unpaired) electrons. The first-order valence-corrected chi connectivity index (χ1v) is 9.09. The number of aryl methyl sites for hydroxylation is 2. The average Bonchev–Trinajstić information content (AvgIpc) is 2.60. The molecule has 0 bridgehead atoms. The van der Waals surface area contributed by atoms with E-state index in [2.05, 4.69) is 47.0 Å². The number of hydrogen-bond donors (Lipinski definition) is 1. The number of ether oxygens (including phenoxy) is 1. The number of hydrogen-bond acceptors (Lipinski definition) is 5. The normalized spacial score (nSPS) is 10.7. The summed E-state index contributed by atoms with van der Waals surface area (Å²) >= 11 is 6.61. The Morgan fingerprint density at radius 1 is 1.04 bits per heavy atom. The minimum absolute atomic E-state index is 0.142. The Bertz CT molecular complexity index is 892. The number of aromatic nitrogens is 3. The van der Waals surface area contributed by atoms with E-state index in [1.54, 1.807) is 18.3 Å². The summed E-state index contributed by atoms with van der Waals surface area (Å²) in [5.41, 5.74) is 3.60. The molecular weight excluding hydrogens is 450 g/mol. The van der Waals surface area contributed by atoms with E-state index in [1.165, 1.54) is 0 Å². The van der Waals surface area contributed by atoms with Gasteiger partial charge in [-0.3, -0.25) is 0 Å². The predicted molar refractivity (Wildman–Crippen MR) is 103 cm³/mol. The molecule has 2 aromatic carbocycles. The molecule has 1 N–H and O–H groups in total. The number of phenolic OH excluding ortho intramolecular Hbond substituents is 1. The van der Waals surface area contributed by atoms with Crippen LogP contribution in [0.1, 0.15) is 17.0 Å². The summed E-state index contributed by atoms with van der Waals surface area (Å²) in [5.74, 6) is 1.46. The van der Waals surface area contributed by atoms with E-state index in [-0.39, 0.29) is 12.4 Å². The van der Waals surface area contributed by atoms with Gasteiger partial charge < -0.3 is 9.84 Å². The molecule has 0 aliphatic carbocycles. The van der Waals surface area contributed by atoms with Crippen LogP contribution in [0.4, 0.5) is 0 Å². The van der Waals surface area contributed by atoms with Gasteiger partial charge in [-0.1, -0.05) is 12.1 Å². The third kappa shape index (κ3) is 4.16. The number of rotatable bonds is 4. The van der Waals surface area contributed by atoms with Gasteiger partial charge in [0.15, 0.2) is 5.82 Å². The minimum Gasteiger partial charge on any atom is -0.506 e. The highest BCUT2D eigenvalue weighted by atomic mass is 79.9. The Balaban J connectivity index is 1.75. The highest BCUT2D eigenvalue weighted by Gasteiger charge is 2.10. The molecule has 0 atom stereocenters. The number of aromatic hydroxyl groups is 1. The van der Waals surface area contributed by atoms with Gasteiger partial charge in [0, 0.05) is 5.56 Å². The van der Waals surface area contributed by atoms with Gasteiger partial charge in [-0.2, -0.15) is 0 Å². The van der Waals surface area contributed by atoms with Crippen molar-refractivity contribution in [2.75, 3.05) is 0 Å².